The van der Waals surface area contributed by atoms with Crippen LogP contribution in [-0.4, -0.2) is 0 Å². The van der Waals surface area contributed by atoms with Crippen LogP contribution in [0.4, 0.5) is 34.1 Å². The molecule has 0 unspecified atom stereocenters. The van der Waals surface area contributed by atoms with Crippen LogP contribution in [0.5, 0.6) is 0 Å². The van der Waals surface area contributed by atoms with E-state index >= 15 is 0 Å². The minimum Gasteiger partial charge on any atom is -0.311 e. The highest BCUT2D eigenvalue weighted by Crippen LogP contribution is 2.48. The smallest absolute Gasteiger partial charge is 0.0476 e. The zero-order valence-electron chi connectivity index (χ0n) is 30.1. The molecule has 55 heavy (non-hydrogen) atoms. The van der Waals surface area contributed by atoms with Crippen LogP contribution in [-0.2, 0) is 0 Å². The number of para-hydroxylation sites is 2. The first-order chi connectivity index (χ1) is 27.3. The first kappa shape index (κ1) is 32.7. The average Bonchev–Trinajstić information content (AvgIpc) is 3.64. The van der Waals surface area contributed by atoms with Crippen LogP contribution in [0.2, 0.25) is 0 Å². The maximum absolute atomic E-state index is 2.40. The van der Waals surface area contributed by atoms with E-state index in [4.69, 9.17) is 0 Å². The third kappa shape index (κ3) is 6.21. The first-order valence-corrected chi connectivity index (χ1v) is 19.5. The highest BCUT2D eigenvalue weighted by molar-refractivity contribution is 7.23. The maximum atomic E-state index is 2.40. The van der Waals surface area contributed by atoms with E-state index in [1.165, 1.54) is 53.2 Å². The molecule has 2 nitrogen and oxygen atoms in total. The van der Waals surface area contributed by atoms with Gasteiger partial charge in [0.15, 0.2) is 0 Å². The van der Waals surface area contributed by atoms with Crippen molar-refractivity contribution in [3.8, 4) is 21.6 Å². The number of nitrogens with zero attached hydrogens (tertiary/aromatic N) is 2. The maximum Gasteiger partial charge on any atom is 0.0476 e. The third-order valence-corrected chi connectivity index (χ3v) is 11.6. The molecule has 10 rings (SSSR count). The molecule has 0 N–H and O–H groups in total. The lowest BCUT2D eigenvalue weighted by Gasteiger charge is -2.26. The molecule has 0 aliphatic heterocycles. The number of thiophene rings is 1. The minimum atomic E-state index is 1.12. The minimum absolute atomic E-state index is 1.12. The SMILES string of the molecule is c1ccc(-c2c(-c3ccc(N(c4ccccc4)c4ccccc4)cc3)sc3cc(N(c4ccc5ccccc5c4)c4ccc5ccccc5c4)ccc23)cc1. The molecule has 0 aliphatic rings. The van der Waals surface area contributed by atoms with Crippen molar-refractivity contribution in [1.82, 2.24) is 0 Å². The van der Waals surface area contributed by atoms with E-state index in [0.29, 0.717) is 0 Å². The number of hydrogen-bond acceptors (Lipinski definition) is 3. The van der Waals surface area contributed by atoms with Crippen molar-refractivity contribution in [3.05, 3.63) is 218 Å². The predicted octanol–water partition coefficient (Wildman–Crippen LogP) is 15.5. The summed E-state index contributed by atoms with van der Waals surface area (Å²) in [6.45, 7) is 0. The van der Waals surface area contributed by atoms with Gasteiger partial charge in [0.2, 0.25) is 0 Å². The number of hydrogen-bond donors (Lipinski definition) is 0. The van der Waals surface area contributed by atoms with E-state index in [0.717, 1.165) is 34.1 Å². The van der Waals surface area contributed by atoms with Crippen LogP contribution < -0.4 is 9.80 Å². The fourth-order valence-corrected chi connectivity index (χ4v) is 9.02. The first-order valence-electron chi connectivity index (χ1n) is 18.7. The quantitative estimate of drug-likeness (QED) is 0.154. The van der Waals surface area contributed by atoms with Gasteiger partial charge in [-0.2, -0.15) is 0 Å². The van der Waals surface area contributed by atoms with Gasteiger partial charge in [-0.05, 0) is 105 Å². The standard InChI is InChI=1S/C52H36N2S/c1-4-16-39(17-5-1)51-49-33-32-48(54(46-30-24-37-14-10-12-18-41(37)34-46)47-31-25-38-15-11-13-19-42(38)35-47)36-50(49)55-52(51)40-26-28-45(29-27-40)53(43-20-6-2-7-21-43)44-22-8-3-9-23-44/h1-36H. The summed E-state index contributed by atoms with van der Waals surface area (Å²) in [6.07, 6.45) is 0. The van der Waals surface area contributed by atoms with E-state index < -0.39 is 0 Å². The largest absolute Gasteiger partial charge is 0.311 e. The lowest BCUT2D eigenvalue weighted by molar-refractivity contribution is 1.28. The van der Waals surface area contributed by atoms with Crippen molar-refractivity contribution in [2.24, 2.45) is 0 Å². The fraction of sp³-hybridized carbons (Fsp3) is 0. The molecular formula is C52H36N2S. The molecule has 0 bridgehead atoms. The zero-order chi connectivity index (χ0) is 36.6. The summed E-state index contributed by atoms with van der Waals surface area (Å²) in [5.74, 6) is 0. The van der Waals surface area contributed by atoms with E-state index in [1.54, 1.807) is 0 Å². The Balaban J connectivity index is 1.12. The number of anilines is 6. The summed E-state index contributed by atoms with van der Waals surface area (Å²) in [4.78, 5) is 5.97. The van der Waals surface area contributed by atoms with Crippen LogP contribution in [0.1, 0.15) is 0 Å². The zero-order valence-corrected chi connectivity index (χ0v) is 30.9. The Labute approximate surface area is 325 Å². The highest BCUT2D eigenvalue weighted by atomic mass is 32.1. The van der Waals surface area contributed by atoms with Gasteiger partial charge in [-0.15, -0.1) is 11.3 Å². The molecule has 0 saturated carbocycles. The van der Waals surface area contributed by atoms with Crippen molar-refractivity contribution in [2.45, 2.75) is 0 Å². The molecule has 3 heteroatoms. The normalized spacial score (nSPS) is 11.3. The van der Waals surface area contributed by atoms with Crippen molar-refractivity contribution >= 4 is 77.1 Å². The molecule has 0 radical (unpaired) electrons. The molecule has 0 aliphatic carbocycles. The summed E-state index contributed by atoms with van der Waals surface area (Å²) in [5, 5.41) is 6.16. The molecule has 10 aromatic rings. The van der Waals surface area contributed by atoms with Gasteiger partial charge in [0.05, 0.1) is 0 Å². The van der Waals surface area contributed by atoms with E-state index in [-0.39, 0.29) is 0 Å². The monoisotopic (exact) mass is 720 g/mol. The predicted molar refractivity (Wildman–Crippen MR) is 237 cm³/mol. The number of fused-ring (bicyclic) bond motifs is 3. The van der Waals surface area contributed by atoms with Crippen LogP contribution in [0.25, 0.3) is 53.2 Å². The Morgan fingerprint density at radius 1 is 0.291 bits per heavy atom. The molecule has 9 aromatic carbocycles. The molecule has 0 atom stereocenters. The van der Waals surface area contributed by atoms with Gasteiger partial charge in [0.1, 0.15) is 0 Å². The highest BCUT2D eigenvalue weighted by Gasteiger charge is 2.20. The summed E-state index contributed by atoms with van der Waals surface area (Å²) in [6, 6.07) is 78.8. The van der Waals surface area contributed by atoms with Crippen molar-refractivity contribution in [1.29, 1.82) is 0 Å². The van der Waals surface area contributed by atoms with Gasteiger partial charge in [0.25, 0.3) is 0 Å². The van der Waals surface area contributed by atoms with Gasteiger partial charge < -0.3 is 9.80 Å². The third-order valence-electron chi connectivity index (χ3n) is 10.4. The Morgan fingerprint density at radius 2 is 0.709 bits per heavy atom. The van der Waals surface area contributed by atoms with Crippen molar-refractivity contribution in [3.63, 3.8) is 0 Å². The average molecular weight is 721 g/mol. The Morgan fingerprint density at radius 3 is 1.27 bits per heavy atom. The summed E-state index contributed by atoms with van der Waals surface area (Å²) < 4.78 is 1.25. The Kier molecular flexibility index (Phi) is 8.40. The van der Waals surface area contributed by atoms with Gasteiger partial charge in [0, 0.05) is 54.7 Å². The second kappa shape index (κ2) is 14.1. The lowest BCUT2D eigenvalue weighted by Crippen LogP contribution is -2.09. The topological polar surface area (TPSA) is 6.48 Å². The Hall–Kier alpha value is -6.94. The van der Waals surface area contributed by atoms with Gasteiger partial charge in [-0.1, -0.05) is 146 Å². The summed E-state index contributed by atoms with van der Waals surface area (Å²) in [5.41, 5.74) is 10.5. The fourth-order valence-electron chi connectivity index (χ4n) is 7.76. The van der Waals surface area contributed by atoms with E-state index in [2.05, 4.69) is 228 Å². The van der Waals surface area contributed by atoms with Crippen LogP contribution >= 0.6 is 11.3 Å². The molecule has 260 valence electrons. The molecule has 0 fully saturated rings. The summed E-state index contributed by atoms with van der Waals surface area (Å²) >= 11 is 1.87. The van der Waals surface area contributed by atoms with Gasteiger partial charge in [-0.3, -0.25) is 0 Å². The van der Waals surface area contributed by atoms with Crippen molar-refractivity contribution in [2.75, 3.05) is 9.80 Å². The Bertz CT molecular complexity index is 2800. The molecule has 1 heterocycles. The molecule has 0 saturated heterocycles. The summed E-state index contributed by atoms with van der Waals surface area (Å²) in [7, 11) is 0. The number of rotatable bonds is 8. The molecule has 1 aromatic heterocycles. The van der Waals surface area contributed by atoms with Crippen LogP contribution in [0.15, 0.2) is 218 Å². The molecule has 0 amide bonds. The molecule has 0 spiro atoms. The number of benzene rings is 9. The van der Waals surface area contributed by atoms with Gasteiger partial charge >= 0.3 is 0 Å². The molecular weight excluding hydrogens is 685 g/mol. The second-order valence-corrected chi connectivity index (χ2v) is 14.9. The van der Waals surface area contributed by atoms with E-state index in [1.807, 2.05) is 11.3 Å². The van der Waals surface area contributed by atoms with Crippen LogP contribution in [0.3, 0.4) is 0 Å². The van der Waals surface area contributed by atoms with Gasteiger partial charge in [-0.25, -0.2) is 0 Å². The van der Waals surface area contributed by atoms with E-state index in [9.17, 15) is 0 Å². The second-order valence-electron chi connectivity index (χ2n) is 13.8. The van der Waals surface area contributed by atoms with Crippen LogP contribution in [0, 0.1) is 0 Å². The van der Waals surface area contributed by atoms with Crippen molar-refractivity contribution < 1.29 is 0 Å². The lowest BCUT2D eigenvalue weighted by atomic mass is 9.98.